The lowest BCUT2D eigenvalue weighted by molar-refractivity contribution is -0.184. The highest BCUT2D eigenvalue weighted by Gasteiger charge is 2.41. The van der Waals surface area contributed by atoms with Crippen LogP contribution in [0.1, 0.15) is 25.7 Å². The molecule has 0 amide bonds. The molecule has 2 fully saturated rings. The second-order valence-corrected chi connectivity index (χ2v) is 6.26. The molecule has 3 nitrogen and oxygen atoms in total. The maximum Gasteiger partial charge on any atom is 0.391 e. The first-order chi connectivity index (χ1) is 10.3. The van der Waals surface area contributed by atoms with Crippen molar-refractivity contribution in [2.45, 2.75) is 44.5 Å². The fourth-order valence-corrected chi connectivity index (χ4v) is 3.40. The Balaban J connectivity index is 0.00000264. The number of alkyl halides is 5. The van der Waals surface area contributed by atoms with E-state index in [0.717, 1.165) is 13.1 Å². The van der Waals surface area contributed by atoms with Crippen molar-refractivity contribution in [2.75, 3.05) is 32.8 Å². The zero-order valence-electron chi connectivity index (χ0n) is 12.8. The topological polar surface area (TPSA) is 24.5 Å². The van der Waals surface area contributed by atoms with Gasteiger partial charge in [-0.3, -0.25) is 0 Å². The predicted molar refractivity (Wildman–Crippen MR) is 78.9 cm³/mol. The summed E-state index contributed by atoms with van der Waals surface area (Å²) in [4.78, 5) is 2.15. The summed E-state index contributed by atoms with van der Waals surface area (Å²) in [6.07, 6.45) is -2.48. The molecule has 2 rings (SSSR count). The summed E-state index contributed by atoms with van der Waals surface area (Å²) >= 11 is 0. The van der Waals surface area contributed by atoms with E-state index in [0.29, 0.717) is 25.9 Å². The van der Waals surface area contributed by atoms with Crippen molar-refractivity contribution < 1.29 is 26.7 Å². The minimum Gasteiger partial charge on any atom is -0.321 e. The molecule has 1 saturated heterocycles. The van der Waals surface area contributed by atoms with Crippen LogP contribution < -0.4 is 5.32 Å². The number of piperazine rings is 1. The Bertz CT molecular complexity index is 338. The largest absolute Gasteiger partial charge is 0.391 e. The Hall–Kier alpha value is -0.180. The van der Waals surface area contributed by atoms with Crippen LogP contribution >= 0.6 is 12.4 Å². The van der Waals surface area contributed by atoms with Crippen LogP contribution in [-0.2, 0) is 4.74 Å². The minimum absolute atomic E-state index is 0. The normalized spacial score (nSPS) is 30.3. The molecule has 0 bridgehead atoms. The lowest BCUT2D eigenvalue weighted by Gasteiger charge is -2.37. The second kappa shape index (κ2) is 9.34. The highest BCUT2D eigenvalue weighted by Crippen LogP contribution is 2.39. The van der Waals surface area contributed by atoms with Crippen LogP contribution in [0.25, 0.3) is 0 Å². The number of nitrogens with one attached hydrogen (secondary N) is 1. The molecule has 0 radical (unpaired) electrons. The average Bonchev–Trinajstić information content (AvgIpc) is 2.45. The van der Waals surface area contributed by atoms with E-state index in [-0.39, 0.29) is 43.8 Å². The standard InChI is InChI=1S/C14H23F5N2O.ClH/c15-13(16)22-9-12-8-21(6-5-20-12)7-10-1-3-11(4-2-10)14(17,18)19;/h10-13,20H,1-9H2;1H/t10?,11?,12-;/m0./s1. The van der Waals surface area contributed by atoms with E-state index >= 15 is 0 Å². The van der Waals surface area contributed by atoms with E-state index in [9.17, 15) is 22.0 Å². The summed E-state index contributed by atoms with van der Waals surface area (Å²) in [6, 6.07) is -0.144. The zero-order valence-corrected chi connectivity index (χ0v) is 13.6. The molecular weight excluding hydrogens is 343 g/mol. The first-order valence-corrected chi connectivity index (χ1v) is 7.77. The third-order valence-electron chi connectivity index (χ3n) is 4.59. The number of hydrogen-bond acceptors (Lipinski definition) is 3. The van der Waals surface area contributed by atoms with Gasteiger partial charge in [0.05, 0.1) is 12.5 Å². The number of halogens is 6. The molecule has 9 heteroatoms. The van der Waals surface area contributed by atoms with Gasteiger partial charge in [-0.05, 0) is 31.6 Å². The van der Waals surface area contributed by atoms with E-state index < -0.39 is 18.7 Å². The van der Waals surface area contributed by atoms with Crippen LogP contribution in [-0.4, -0.2) is 56.5 Å². The quantitative estimate of drug-likeness (QED) is 0.756. The summed E-state index contributed by atoms with van der Waals surface area (Å²) in [7, 11) is 0. The Labute approximate surface area is 139 Å². The number of hydrogen-bond donors (Lipinski definition) is 1. The van der Waals surface area contributed by atoms with Crippen LogP contribution in [0.15, 0.2) is 0 Å². The maximum absolute atomic E-state index is 12.6. The molecular formula is C14H24ClF5N2O. The monoisotopic (exact) mass is 366 g/mol. The van der Waals surface area contributed by atoms with E-state index in [1.54, 1.807) is 0 Å². The molecule has 23 heavy (non-hydrogen) atoms. The zero-order chi connectivity index (χ0) is 16.2. The Morgan fingerprint density at radius 2 is 1.78 bits per heavy atom. The summed E-state index contributed by atoms with van der Waals surface area (Å²) in [5.41, 5.74) is 0. The van der Waals surface area contributed by atoms with Crippen LogP contribution in [0, 0.1) is 11.8 Å². The highest BCUT2D eigenvalue weighted by atomic mass is 35.5. The molecule has 138 valence electrons. The van der Waals surface area contributed by atoms with Gasteiger partial charge in [-0.25, -0.2) is 0 Å². The first kappa shape index (κ1) is 20.9. The average molecular weight is 367 g/mol. The fraction of sp³-hybridized carbons (Fsp3) is 1.00. The number of rotatable bonds is 5. The molecule has 0 aromatic carbocycles. The van der Waals surface area contributed by atoms with Gasteiger partial charge in [0.25, 0.3) is 0 Å². The highest BCUT2D eigenvalue weighted by molar-refractivity contribution is 5.85. The fourth-order valence-electron chi connectivity index (χ4n) is 3.40. The molecule has 1 saturated carbocycles. The molecule has 1 aliphatic carbocycles. The molecule has 2 aliphatic rings. The molecule has 0 unspecified atom stereocenters. The molecule has 0 aromatic rings. The number of nitrogens with zero attached hydrogens (tertiary/aromatic N) is 1. The predicted octanol–water partition coefficient (Wildman–Crippen LogP) is 3.29. The van der Waals surface area contributed by atoms with Crippen molar-refractivity contribution >= 4 is 12.4 Å². The van der Waals surface area contributed by atoms with Gasteiger partial charge in [0.2, 0.25) is 0 Å². The molecule has 1 atom stereocenters. The van der Waals surface area contributed by atoms with Crippen molar-refractivity contribution in [3.05, 3.63) is 0 Å². The van der Waals surface area contributed by atoms with Gasteiger partial charge < -0.3 is 15.0 Å². The lowest BCUT2D eigenvalue weighted by Crippen LogP contribution is -2.53. The van der Waals surface area contributed by atoms with Gasteiger partial charge >= 0.3 is 12.8 Å². The Morgan fingerprint density at radius 1 is 1.13 bits per heavy atom. The van der Waals surface area contributed by atoms with Gasteiger partial charge in [-0.15, -0.1) is 12.4 Å². The molecule has 1 heterocycles. The smallest absolute Gasteiger partial charge is 0.321 e. The maximum atomic E-state index is 12.6. The van der Waals surface area contributed by atoms with Crippen LogP contribution in [0.3, 0.4) is 0 Å². The first-order valence-electron chi connectivity index (χ1n) is 7.77. The molecule has 1 N–H and O–H groups in total. The van der Waals surface area contributed by atoms with Gasteiger partial charge in [-0.1, -0.05) is 0 Å². The van der Waals surface area contributed by atoms with Gasteiger partial charge in [0.15, 0.2) is 0 Å². The summed E-state index contributed by atoms with van der Waals surface area (Å²) in [5.74, 6) is -0.882. The molecule has 0 aromatic heterocycles. The van der Waals surface area contributed by atoms with E-state index in [1.807, 2.05) is 0 Å². The third kappa shape index (κ3) is 7.07. The molecule has 0 spiro atoms. The summed E-state index contributed by atoms with van der Waals surface area (Å²) < 4.78 is 66.3. The van der Waals surface area contributed by atoms with Crippen LogP contribution in [0.5, 0.6) is 0 Å². The van der Waals surface area contributed by atoms with Gasteiger partial charge in [0.1, 0.15) is 0 Å². The Kier molecular flexibility index (Phi) is 8.47. The number of ether oxygens (including phenoxy) is 1. The van der Waals surface area contributed by atoms with E-state index in [1.165, 1.54) is 0 Å². The van der Waals surface area contributed by atoms with E-state index in [2.05, 4.69) is 15.0 Å². The summed E-state index contributed by atoms with van der Waals surface area (Å²) in [6.45, 7) is 0.0209. The van der Waals surface area contributed by atoms with Crippen LogP contribution in [0.2, 0.25) is 0 Å². The SMILES string of the molecule is Cl.FC(F)OC[C@@H]1CN(CC2CCC(C(F)(F)F)CC2)CCN1. The third-order valence-corrected chi connectivity index (χ3v) is 4.59. The summed E-state index contributed by atoms with van der Waals surface area (Å²) in [5, 5.41) is 3.12. The Morgan fingerprint density at radius 3 is 2.35 bits per heavy atom. The van der Waals surface area contributed by atoms with Crippen molar-refractivity contribution in [1.29, 1.82) is 0 Å². The second-order valence-electron chi connectivity index (χ2n) is 6.26. The van der Waals surface area contributed by atoms with Gasteiger partial charge in [-0.2, -0.15) is 22.0 Å². The van der Waals surface area contributed by atoms with Crippen molar-refractivity contribution in [2.24, 2.45) is 11.8 Å². The van der Waals surface area contributed by atoms with Gasteiger partial charge in [0, 0.05) is 32.2 Å². The van der Waals surface area contributed by atoms with Crippen molar-refractivity contribution in [3.8, 4) is 0 Å². The van der Waals surface area contributed by atoms with Crippen molar-refractivity contribution in [3.63, 3.8) is 0 Å². The minimum atomic E-state index is -4.07. The van der Waals surface area contributed by atoms with Crippen molar-refractivity contribution in [1.82, 2.24) is 10.2 Å². The molecule has 1 aliphatic heterocycles. The van der Waals surface area contributed by atoms with Crippen LogP contribution in [0.4, 0.5) is 22.0 Å². The van der Waals surface area contributed by atoms with E-state index in [4.69, 9.17) is 0 Å². The lowest BCUT2D eigenvalue weighted by atomic mass is 9.81.